The summed E-state index contributed by atoms with van der Waals surface area (Å²) < 4.78 is 2.11. The largest absolute Gasteiger partial charge is 0.350 e. The van der Waals surface area contributed by atoms with Crippen LogP contribution >= 0.6 is 23.2 Å². The predicted molar refractivity (Wildman–Crippen MR) is 90.7 cm³/mol. The summed E-state index contributed by atoms with van der Waals surface area (Å²) in [5.41, 5.74) is 1.59. The first-order valence-electron chi connectivity index (χ1n) is 6.92. The quantitative estimate of drug-likeness (QED) is 0.755. The Morgan fingerprint density at radius 3 is 2.73 bits per heavy atom. The SMILES string of the molecule is O=C(NCCn1ccc2ccccc21)c1ccc(Cl)cc1Cl. The van der Waals surface area contributed by atoms with Crippen LogP contribution in [0.15, 0.2) is 54.7 Å². The van der Waals surface area contributed by atoms with Crippen molar-refractivity contribution in [2.24, 2.45) is 0 Å². The smallest absolute Gasteiger partial charge is 0.252 e. The first-order valence-corrected chi connectivity index (χ1v) is 7.68. The summed E-state index contributed by atoms with van der Waals surface area (Å²) in [6.45, 7) is 1.22. The third-order valence-electron chi connectivity index (χ3n) is 3.49. The molecule has 0 saturated carbocycles. The first-order chi connectivity index (χ1) is 10.6. The van der Waals surface area contributed by atoms with Crippen molar-refractivity contribution >= 4 is 40.0 Å². The number of nitrogens with one attached hydrogen (secondary N) is 1. The van der Waals surface area contributed by atoms with Crippen LogP contribution in [-0.4, -0.2) is 17.0 Å². The molecule has 5 heteroatoms. The Kier molecular flexibility index (Phi) is 4.36. The first kappa shape index (κ1) is 14.9. The van der Waals surface area contributed by atoms with E-state index in [1.165, 1.54) is 5.39 Å². The van der Waals surface area contributed by atoms with Gasteiger partial charge in [-0.05, 0) is 35.7 Å². The highest BCUT2D eigenvalue weighted by Crippen LogP contribution is 2.20. The van der Waals surface area contributed by atoms with Gasteiger partial charge in [0.1, 0.15) is 0 Å². The molecule has 22 heavy (non-hydrogen) atoms. The van der Waals surface area contributed by atoms with Gasteiger partial charge in [0, 0.05) is 29.8 Å². The summed E-state index contributed by atoms with van der Waals surface area (Å²) in [6, 6.07) is 15.1. The van der Waals surface area contributed by atoms with Crippen molar-refractivity contribution in [3.05, 3.63) is 70.3 Å². The van der Waals surface area contributed by atoms with Crippen LogP contribution in [0.4, 0.5) is 0 Å². The average molecular weight is 333 g/mol. The Hall–Kier alpha value is -1.97. The van der Waals surface area contributed by atoms with Gasteiger partial charge in [0.2, 0.25) is 0 Å². The van der Waals surface area contributed by atoms with E-state index in [9.17, 15) is 4.79 Å². The van der Waals surface area contributed by atoms with Gasteiger partial charge in [0.05, 0.1) is 10.6 Å². The van der Waals surface area contributed by atoms with Gasteiger partial charge < -0.3 is 9.88 Å². The molecule has 0 unspecified atom stereocenters. The minimum atomic E-state index is -0.196. The number of para-hydroxylation sites is 1. The lowest BCUT2D eigenvalue weighted by Gasteiger charge is -2.09. The summed E-state index contributed by atoms with van der Waals surface area (Å²) in [4.78, 5) is 12.1. The number of aromatic nitrogens is 1. The lowest BCUT2D eigenvalue weighted by Crippen LogP contribution is -2.27. The number of rotatable bonds is 4. The molecule has 0 aliphatic carbocycles. The van der Waals surface area contributed by atoms with Gasteiger partial charge in [-0.3, -0.25) is 4.79 Å². The van der Waals surface area contributed by atoms with E-state index < -0.39 is 0 Å². The monoisotopic (exact) mass is 332 g/mol. The maximum atomic E-state index is 12.1. The molecule has 0 spiro atoms. The Balaban J connectivity index is 1.64. The van der Waals surface area contributed by atoms with E-state index >= 15 is 0 Å². The molecule has 2 aromatic carbocycles. The average Bonchev–Trinajstić information content (AvgIpc) is 2.90. The van der Waals surface area contributed by atoms with Gasteiger partial charge in [0.15, 0.2) is 0 Å². The second-order valence-corrected chi connectivity index (χ2v) is 5.79. The van der Waals surface area contributed by atoms with E-state index in [0.29, 0.717) is 28.7 Å². The second-order valence-electron chi connectivity index (χ2n) is 4.95. The lowest BCUT2D eigenvalue weighted by atomic mass is 10.2. The second kappa shape index (κ2) is 6.42. The standard InChI is InChI=1S/C17H14Cl2N2O/c18-13-5-6-14(15(19)11-13)17(22)20-8-10-21-9-7-12-3-1-2-4-16(12)21/h1-7,9,11H,8,10H2,(H,20,22). The molecular weight excluding hydrogens is 319 g/mol. The Bertz CT molecular complexity index is 826. The normalized spacial score (nSPS) is 10.8. The number of hydrogen-bond acceptors (Lipinski definition) is 1. The van der Waals surface area contributed by atoms with E-state index in [2.05, 4.69) is 28.1 Å². The van der Waals surface area contributed by atoms with Crippen LogP contribution in [0.5, 0.6) is 0 Å². The minimum Gasteiger partial charge on any atom is -0.350 e. The van der Waals surface area contributed by atoms with Gasteiger partial charge in [-0.2, -0.15) is 0 Å². The predicted octanol–water partition coefficient (Wildman–Crippen LogP) is 4.38. The summed E-state index contributed by atoms with van der Waals surface area (Å²) in [5, 5.41) is 4.94. The molecule has 0 atom stereocenters. The van der Waals surface area contributed by atoms with Gasteiger partial charge >= 0.3 is 0 Å². The van der Waals surface area contributed by atoms with Crippen LogP contribution in [0.2, 0.25) is 10.0 Å². The summed E-state index contributed by atoms with van der Waals surface area (Å²) in [5.74, 6) is -0.196. The van der Waals surface area contributed by atoms with Crippen LogP contribution < -0.4 is 5.32 Å². The Morgan fingerprint density at radius 2 is 1.91 bits per heavy atom. The number of benzene rings is 2. The molecule has 1 heterocycles. The van der Waals surface area contributed by atoms with Gasteiger partial charge in [-0.1, -0.05) is 41.4 Å². The highest BCUT2D eigenvalue weighted by molar-refractivity contribution is 6.36. The van der Waals surface area contributed by atoms with Crippen molar-refractivity contribution < 1.29 is 4.79 Å². The lowest BCUT2D eigenvalue weighted by molar-refractivity contribution is 0.0952. The van der Waals surface area contributed by atoms with Crippen molar-refractivity contribution in [1.29, 1.82) is 0 Å². The zero-order chi connectivity index (χ0) is 15.5. The van der Waals surface area contributed by atoms with Crippen molar-refractivity contribution in [1.82, 2.24) is 9.88 Å². The highest BCUT2D eigenvalue weighted by Gasteiger charge is 2.10. The molecule has 0 bridgehead atoms. The number of carbonyl (C=O) groups excluding carboxylic acids is 1. The fourth-order valence-corrected chi connectivity index (χ4v) is 2.89. The van der Waals surface area contributed by atoms with E-state index in [-0.39, 0.29) is 5.91 Å². The third kappa shape index (κ3) is 3.11. The van der Waals surface area contributed by atoms with Gasteiger partial charge in [-0.25, -0.2) is 0 Å². The van der Waals surface area contributed by atoms with Crippen molar-refractivity contribution in [2.45, 2.75) is 6.54 Å². The number of hydrogen-bond donors (Lipinski definition) is 1. The summed E-state index contributed by atoms with van der Waals surface area (Å²) in [6.07, 6.45) is 2.02. The molecule has 1 aromatic heterocycles. The maximum absolute atomic E-state index is 12.1. The fourth-order valence-electron chi connectivity index (χ4n) is 2.39. The number of fused-ring (bicyclic) bond motifs is 1. The van der Waals surface area contributed by atoms with E-state index in [1.54, 1.807) is 18.2 Å². The fraction of sp³-hybridized carbons (Fsp3) is 0.118. The van der Waals surface area contributed by atoms with Crippen molar-refractivity contribution in [3.8, 4) is 0 Å². The molecular formula is C17H14Cl2N2O. The number of amides is 1. The van der Waals surface area contributed by atoms with Crippen molar-refractivity contribution in [3.63, 3.8) is 0 Å². The molecule has 3 nitrogen and oxygen atoms in total. The molecule has 0 radical (unpaired) electrons. The van der Waals surface area contributed by atoms with Crippen molar-refractivity contribution in [2.75, 3.05) is 6.54 Å². The molecule has 1 amide bonds. The van der Waals surface area contributed by atoms with Crippen LogP contribution in [0.1, 0.15) is 10.4 Å². The molecule has 0 saturated heterocycles. The topological polar surface area (TPSA) is 34.0 Å². The van der Waals surface area contributed by atoms with Crippen LogP contribution in [-0.2, 0) is 6.54 Å². The highest BCUT2D eigenvalue weighted by atomic mass is 35.5. The number of halogens is 2. The van der Waals surface area contributed by atoms with E-state index in [0.717, 1.165) is 5.52 Å². The molecule has 0 fully saturated rings. The summed E-state index contributed by atoms with van der Waals surface area (Å²) >= 11 is 11.9. The Morgan fingerprint density at radius 1 is 1.09 bits per heavy atom. The van der Waals surface area contributed by atoms with Gasteiger partial charge in [0.25, 0.3) is 5.91 Å². The number of nitrogens with zero attached hydrogens (tertiary/aromatic N) is 1. The number of carbonyl (C=O) groups is 1. The molecule has 3 aromatic rings. The van der Waals surface area contributed by atoms with E-state index in [1.807, 2.05) is 18.3 Å². The molecule has 112 valence electrons. The van der Waals surface area contributed by atoms with E-state index in [4.69, 9.17) is 23.2 Å². The molecule has 1 N–H and O–H groups in total. The Labute approximate surface area is 138 Å². The van der Waals surface area contributed by atoms with Crippen LogP contribution in [0, 0.1) is 0 Å². The summed E-state index contributed by atoms with van der Waals surface area (Å²) in [7, 11) is 0. The molecule has 3 rings (SSSR count). The van der Waals surface area contributed by atoms with Gasteiger partial charge in [-0.15, -0.1) is 0 Å². The maximum Gasteiger partial charge on any atom is 0.252 e. The minimum absolute atomic E-state index is 0.196. The zero-order valence-corrected chi connectivity index (χ0v) is 13.2. The molecule has 0 aliphatic rings. The van der Waals surface area contributed by atoms with Crippen LogP contribution in [0.25, 0.3) is 10.9 Å². The zero-order valence-electron chi connectivity index (χ0n) is 11.7. The molecule has 0 aliphatic heterocycles. The van der Waals surface area contributed by atoms with Crippen LogP contribution in [0.3, 0.4) is 0 Å². The third-order valence-corrected chi connectivity index (χ3v) is 4.04.